The highest BCUT2D eigenvalue weighted by atomic mass is 16.6. The normalized spacial score (nSPS) is 49.8. The topological polar surface area (TPSA) is 88.1 Å². The molecule has 0 saturated heterocycles. The third-order valence-corrected chi connectivity index (χ3v) is 9.67. The van der Waals surface area contributed by atoms with Crippen LogP contribution in [0.15, 0.2) is 17.3 Å². The summed E-state index contributed by atoms with van der Waals surface area (Å²) in [6.45, 7) is 5.70. The number of hydrogen-bond donors (Lipinski definition) is 3. The van der Waals surface area contributed by atoms with Crippen molar-refractivity contribution in [2.45, 2.75) is 83.3 Å². The van der Waals surface area contributed by atoms with Crippen LogP contribution >= 0.6 is 0 Å². The average Bonchev–Trinajstić information content (AvgIpc) is 2.96. The van der Waals surface area contributed by atoms with Crippen molar-refractivity contribution in [3.05, 3.63) is 12.2 Å². The summed E-state index contributed by atoms with van der Waals surface area (Å²) in [5.74, 6) is 2.01. The molecule has 4 rings (SSSR count). The third-order valence-electron chi connectivity index (χ3n) is 9.67. The fourth-order valence-corrected chi connectivity index (χ4v) is 7.92. The summed E-state index contributed by atoms with van der Waals surface area (Å²) in [5, 5.41) is 26.2. The van der Waals surface area contributed by atoms with E-state index in [0.717, 1.165) is 44.9 Å². The molecule has 0 aromatic carbocycles. The Bertz CT molecular complexity index is 652. The van der Waals surface area contributed by atoms with E-state index in [0.29, 0.717) is 42.2 Å². The van der Waals surface area contributed by atoms with Gasteiger partial charge in [0.1, 0.15) is 6.61 Å². The molecule has 0 bridgehead atoms. The molecule has 4 N–H and O–H groups in total. The molecular weight excluding hydrogens is 364 g/mol. The summed E-state index contributed by atoms with van der Waals surface area (Å²) in [5.41, 5.74) is 5.06. The molecule has 0 aliphatic heterocycles. The van der Waals surface area contributed by atoms with Gasteiger partial charge in [0, 0.05) is 12.0 Å². The van der Waals surface area contributed by atoms with Gasteiger partial charge in [0.25, 0.3) is 0 Å². The lowest BCUT2D eigenvalue weighted by atomic mass is 9.43. The maximum absolute atomic E-state index is 12.1. The molecule has 0 heterocycles. The van der Waals surface area contributed by atoms with Crippen LogP contribution in [0, 0.1) is 34.5 Å². The zero-order valence-corrected chi connectivity index (χ0v) is 18.2. The van der Waals surface area contributed by atoms with Crippen LogP contribution in [-0.2, 0) is 4.84 Å². The predicted molar refractivity (Wildman–Crippen MR) is 115 cm³/mol. The van der Waals surface area contributed by atoms with Crippen LogP contribution in [0.25, 0.3) is 0 Å². The van der Waals surface area contributed by atoms with Crippen LogP contribution in [0.3, 0.4) is 0 Å². The van der Waals surface area contributed by atoms with E-state index >= 15 is 0 Å². The zero-order valence-electron chi connectivity index (χ0n) is 18.2. The highest BCUT2D eigenvalue weighted by molar-refractivity contribution is 5.70. The van der Waals surface area contributed by atoms with Gasteiger partial charge in [-0.25, -0.2) is 0 Å². The van der Waals surface area contributed by atoms with E-state index in [1.807, 2.05) is 6.08 Å². The fourth-order valence-electron chi connectivity index (χ4n) is 7.92. The van der Waals surface area contributed by atoms with Crippen LogP contribution in [0.1, 0.15) is 71.6 Å². The predicted octanol–water partition coefficient (Wildman–Crippen LogP) is 3.64. The van der Waals surface area contributed by atoms with E-state index in [2.05, 4.69) is 25.1 Å². The minimum absolute atomic E-state index is 0.0615. The molecule has 5 heteroatoms. The molecular formula is C24H40N2O3. The first-order valence-electron chi connectivity index (χ1n) is 11.8. The quantitative estimate of drug-likeness (QED) is 0.371. The number of nitrogens with two attached hydrogens (primary N) is 1. The maximum atomic E-state index is 12.1. The molecule has 5 nitrogen and oxygen atoms in total. The first kappa shape index (κ1) is 21.3. The molecule has 0 aromatic heterocycles. The van der Waals surface area contributed by atoms with Crippen molar-refractivity contribution in [1.82, 2.24) is 0 Å². The molecule has 29 heavy (non-hydrogen) atoms. The van der Waals surface area contributed by atoms with Gasteiger partial charge in [-0.15, -0.1) is 0 Å². The molecule has 4 aliphatic rings. The summed E-state index contributed by atoms with van der Waals surface area (Å²) in [4.78, 5) is 5.06. The molecule has 0 amide bonds. The van der Waals surface area contributed by atoms with Crippen molar-refractivity contribution in [2.75, 3.05) is 13.2 Å². The summed E-state index contributed by atoms with van der Waals surface area (Å²) in [6, 6.07) is 0. The Morgan fingerprint density at radius 1 is 1.07 bits per heavy atom. The Balaban J connectivity index is 1.51. The van der Waals surface area contributed by atoms with E-state index in [4.69, 9.17) is 10.6 Å². The third kappa shape index (κ3) is 3.37. The SMILES string of the molecule is C[C@]12CC[C@H](O)C[C@H]1CC[C@@H]1[C@@H]2CC[C@]2(C)[C@@H](/C=C/C=N\OCCN)CC[C@]12O. The van der Waals surface area contributed by atoms with Gasteiger partial charge >= 0.3 is 0 Å². The van der Waals surface area contributed by atoms with Crippen LogP contribution < -0.4 is 5.73 Å². The minimum atomic E-state index is -0.567. The second-order valence-electron chi connectivity index (χ2n) is 10.7. The number of allylic oxidation sites excluding steroid dienone is 2. The van der Waals surface area contributed by atoms with E-state index in [-0.39, 0.29) is 11.5 Å². The molecule has 4 saturated carbocycles. The number of oxime groups is 1. The Morgan fingerprint density at radius 2 is 1.90 bits per heavy atom. The van der Waals surface area contributed by atoms with E-state index in [1.54, 1.807) is 6.21 Å². The lowest BCUT2D eigenvalue weighted by Crippen LogP contribution is -2.62. The van der Waals surface area contributed by atoms with Gasteiger partial charge in [-0.3, -0.25) is 0 Å². The molecule has 164 valence electrons. The van der Waals surface area contributed by atoms with Gasteiger partial charge in [0.15, 0.2) is 0 Å². The van der Waals surface area contributed by atoms with Crippen molar-refractivity contribution < 1.29 is 15.1 Å². The largest absolute Gasteiger partial charge is 0.394 e. The molecule has 0 radical (unpaired) electrons. The number of aliphatic hydroxyl groups is 2. The number of rotatable bonds is 5. The van der Waals surface area contributed by atoms with Crippen LogP contribution in [-0.4, -0.2) is 41.3 Å². The molecule has 4 aliphatic carbocycles. The molecule has 0 unspecified atom stereocenters. The van der Waals surface area contributed by atoms with E-state index in [9.17, 15) is 10.2 Å². The van der Waals surface area contributed by atoms with Crippen LogP contribution in [0.2, 0.25) is 0 Å². The van der Waals surface area contributed by atoms with Crippen molar-refractivity contribution in [2.24, 2.45) is 45.4 Å². The number of aliphatic hydroxyl groups excluding tert-OH is 1. The van der Waals surface area contributed by atoms with Crippen LogP contribution in [0.5, 0.6) is 0 Å². The minimum Gasteiger partial charge on any atom is -0.394 e. The fraction of sp³-hybridized carbons (Fsp3) is 0.875. The van der Waals surface area contributed by atoms with Gasteiger partial charge in [0.2, 0.25) is 0 Å². The summed E-state index contributed by atoms with van der Waals surface area (Å²) < 4.78 is 0. The Kier molecular flexibility index (Phi) is 5.86. The summed E-state index contributed by atoms with van der Waals surface area (Å²) in [7, 11) is 0. The van der Waals surface area contributed by atoms with Gasteiger partial charge in [-0.05, 0) is 93.0 Å². The van der Waals surface area contributed by atoms with Crippen LogP contribution in [0.4, 0.5) is 0 Å². The Labute approximate surface area is 175 Å². The lowest BCUT2D eigenvalue weighted by molar-refractivity contribution is -0.207. The monoisotopic (exact) mass is 404 g/mol. The van der Waals surface area contributed by atoms with Gasteiger partial charge in [0.05, 0.1) is 17.9 Å². The molecule has 8 atom stereocenters. The summed E-state index contributed by atoms with van der Waals surface area (Å²) in [6.07, 6.45) is 15.4. The van der Waals surface area contributed by atoms with Gasteiger partial charge in [-0.1, -0.05) is 25.1 Å². The first-order chi connectivity index (χ1) is 13.8. The molecule has 0 spiro atoms. The second kappa shape index (κ2) is 7.97. The van der Waals surface area contributed by atoms with E-state index in [1.165, 1.54) is 12.8 Å². The molecule has 0 aromatic rings. The van der Waals surface area contributed by atoms with Crippen molar-refractivity contribution in [3.8, 4) is 0 Å². The maximum Gasteiger partial charge on any atom is 0.129 e. The molecule has 4 fully saturated rings. The van der Waals surface area contributed by atoms with Crippen molar-refractivity contribution in [1.29, 1.82) is 0 Å². The Morgan fingerprint density at radius 3 is 2.69 bits per heavy atom. The second-order valence-corrected chi connectivity index (χ2v) is 10.7. The Hall–Kier alpha value is -0.910. The first-order valence-corrected chi connectivity index (χ1v) is 11.8. The zero-order chi connectivity index (χ0) is 20.7. The highest BCUT2D eigenvalue weighted by Gasteiger charge is 2.66. The van der Waals surface area contributed by atoms with Gasteiger partial charge in [-0.2, -0.15) is 0 Å². The van der Waals surface area contributed by atoms with Gasteiger partial charge < -0.3 is 20.8 Å². The van der Waals surface area contributed by atoms with E-state index < -0.39 is 5.60 Å². The number of nitrogens with zero attached hydrogens (tertiary/aromatic N) is 1. The van der Waals surface area contributed by atoms with Crippen molar-refractivity contribution >= 4 is 6.21 Å². The van der Waals surface area contributed by atoms with Crippen molar-refractivity contribution in [3.63, 3.8) is 0 Å². The number of fused-ring (bicyclic) bond motifs is 5. The standard InChI is InChI=1S/C24H40N2O3/c1-22-10-8-19(27)16-18(22)5-6-21-20(22)9-11-23(2)17(7-12-24(21,23)28)4-3-14-26-29-15-13-25/h3-4,14,17-21,27-28H,5-13,15-16,25H2,1-2H3/b4-3+,26-14-/t17-,18+,19-,20-,21+,22-,23+,24-/m0/s1. The smallest absolute Gasteiger partial charge is 0.129 e. The average molecular weight is 405 g/mol. The number of hydrogen-bond acceptors (Lipinski definition) is 5. The lowest BCUT2D eigenvalue weighted by Gasteiger charge is -2.63. The summed E-state index contributed by atoms with van der Waals surface area (Å²) >= 11 is 0. The highest BCUT2D eigenvalue weighted by Crippen LogP contribution is 2.69.